The molecular weight excluding hydrogens is 322 g/mol. The molecule has 1 saturated heterocycles. The fourth-order valence-electron chi connectivity index (χ4n) is 2.30. The summed E-state index contributed by atoms with van der Waals surface area (Å²) in [6.45, 7) is -0.0217. The van der Waals surface area contributed by atoms with E-state index in [1.807, 2.05) is 6.08 Å². The van der Waals surface area contributed by atoms with Gasteiger partial charge >= 0.3 is 6.09 Å². The third kappa shape index (κ3) is 3.14. The van der Waals surface area contributed by atoms with Gasteiger partial charge in [0.1, 0.15) is 18.0 Å². The van der Waals surface area contributed by atoms with Gasteiger partial charge in [-0.15, -0.1) is 11.8 Å². The molecule has 8 nitrogen and oxygen atoms in total. The van der Waals surface area contributed by atoms with Crippen molar-refractivity contribution in [2.45, 2.75) is 18.0 Å². The zero-order valence-electron chi connectivity index (χ0n) is 11.9. The average Bonchev–Trinajstić information content (AvgIpc) is 2.57. The summed E-state index contributed by atoms with van der Waals surface area (Å²) in [5.74, 6) is 0.635. The van der Waals surface area contributed by atoms with Crippen molar-refractivity contribution in [2.24, 2.45) is 0 Å². The van der Waals surface area contributed by atoms with Crippen LogP contribution in [0, 0.1) is 10.1 Å². The number of hydrogen-bond acceptors (Lipinski definition) is 6. The summed E-state index contributed by atoms with van der Waals surface area (Å²) in [5.41, 5.74) is 0.600. The Morgan fingerprint density at radius 2 is 2.17 bits per heavy atom. The van der Waals surface area contributed by atoms with E-state index in [0.29, 0.717) is 5.56 Å². The molecule has 2 atom stereocenters. The van der Waals surface area contributed by atoms with Gasteiger partial charge in [-0.3, -0.25) is 14.9 Å². The van der Waals surface area contributed by atoms with Gasteiger partial charge in [-0.25, -0.2) is 4.79 Å². The Kier molecular flexibility index (Phi) is 4.20. The smallest absolute Gasteiger partial charge is 0.408 e. The maximum absolute atomic E-state index is 11.8. The normalized spacial score (nSPS) is 22.1. The number of nitrogens with one attached hydrogen (secondary N) is 1. The van der Waals surface area contributed by atoms with Gasteiger partial charge in [0.05, 0.1) is 4.92 Å². The van der Waals surface area contributed by atoms with Gasteiger partial charge in [-0.05, 0) is 17.7 Å². The number of amides is 2. The van der Waals surface area contributed by atoms with Crippen LogP contribution in [0.2, 0.25) is 0 Å². The van der Waals surface area contributed by atoms with Crippen LogP contribution < -0.4 is 5.32 Å². The molecule has 0 radical (unpaired) electrons. The number of rotatable bonds is 4. The number of fused-ring (bicyclic) bond motifs is 1. The first kappa shape index (κ1) is 15.3. The van der Waals surface area contributed by atoms with Crippen LogP contribution in [0.4, 0.5) is 10.5 Å². The Labute approximate surface area is 135 Å². The number of nitrogens with zero attached hydrogens (tertiary/aromatic N) is 2. The summed E-state index contributed by atoms with van der Waals surface area (Å²) < 4.78 is 5.04. The van der Waals surface area contributed by atoms with E-state index in [1.54, 1.807) is 22.9 Å². The lowest BCUT2D eigenvalue weighted by molar-refractivity contribution is -0.384. The Bertz CT molecular complexity index is 675. The largest absolute Gasteiger partial charge is 0.445 e. The van der Waals surface area contributed by atoms with E-state index < -0.39 is 17.1 Å². The monoisotopic (exact) mass is 335 g/mol. The van der Waals surface area contributed by atoms with E-state index in [9.17, 15) is 19.7 Å². The molecule has 2 amide bonds. The predicted molar refractivity (Wildman–Crippen MR) is 82.4 cm³/mol. The molecular formula is C14H13N3O5S. The molecule has 1 aromatic rings. The fraction of sp³-hybridized carbons (Fsp3) is 0.286. The second kappa shape index (κ2) is 6.29. The first-order chi connectivity index (χ1) is 11.1. The lowest BCUT2D eigenvalue weighted by Crippen LogP contribution is -2.68. The van der Waals surface area contributed by atoms with Gasteiger partial charge < -0.3 is 15.0 Å². The quantitative estimate of drug-likeness (QED) is 0.510. The lowest BCUT2D eigenvalue weighted by Gasteiger charge is -2.46. The van der Waals surface area contributed by atoms with Crippen molar-refractivity contribution in [3.8, 4) is 0 Å². The molecule has 9 heteroatoms. The van der Waals surface area contributed by atoms with Crippen molar-refractivity contribution in [1.29, 1.82) is 0 Å². The predicted octanol–water partition coefficient (Wildman–Crippen LogP) is 1.62. The van der Waals surface area contributed by atoms with E-state index in [-0.39, 0.29) is 23.6 Å². The van der Waals surface area contributed by atoms with Crippen LogP contribution in [-0.4, -0.2) is 39.0 Å². The summed E-state index contributed by atoms with van der Waals surface area (Å²) in [6.07, 6.45) is 2.93. The maximum atomic E-state index is 11.8. The van der Waals surface area contributed by atoms with Crippen LogP contribution in [0.1, 0.15) is 5.56 Å². The number of carbonyl (C=O) groups is 2. The third-order valence-electron chi connectivity index (χ3n) is 3.50. The molecule has 2 aliphatic rings. The van der Waals surface area contributed by atoms with E-state index >= 15 is 0 Å². The minimum Gasteiger partial charge on any atom is -0.445 e. The van der Waals surface area contributed by atoms with Gasteiger partial charge in [-0.2, -0.15) is 0 Å². The van der Waals surface area contributed by atoms with Gasteiger partial charge in [0.25, 0.3) is 11.6 Å². The summed E-state index contributed by atoms with van der Waals surface area (Å²) in [5, 5.41) is 13.0. The number of alkyl carbamates (subject to hydrolysis) is 1. The van der Waals surface area contributed by atoms with Crippen LogP contribution >= 0.6 is 11.8 Å². The topological polar surface area (TPSA) is 102 Å². The summed E-state index contributed by atoms with van der Waals surface area (Å²) in [4.78, 5) is 35.2. The number of hydrogen-bond donors (Lipinski definition) is 1. The number of ether oxygens (including phenoxy) is 1. The first-order valence-electron chi connectivity index (χ1n) is 6.83. The molecule has 1 aromatic carbocycles. The van der Waals surface area contributed by atoms with E-state index in [2.05, 4.69) is 5.32 Å². The minimum atomic E-state index is -0.684. The van der Waals surface area contributed by atoms with Crippen molar-refractivity contribution in [1.82, 2.24) is 10.2 Å². The lowest BCUT2D eigenvalue weighted by atomic mass is 10.1. The van der Waals surface area contributed by atoms with Gasteiger partial charge in [0.15, 0.2) is 0 Å². The molecule has 120 valence electrons. The van der Waals surface area contributed by atoms with Crippen LogP contribution in [0.5, 0.6) is 0 Å². The van der Waals surface area contributed by atoms with Crippen molar-refractivity contribution >= 4 is 29.4 Å². The van der Waals surface area contributed by atoms with Crippen LogP contribution in [-0.2, 0) is 16.1 Å². The molecule has 1 unspecified atom stereocenters. The van der Waals surface area contributed by atoms with Gasteiger partial charge in [0, 0.05) is 24.1 Å². The molecule has 2 aliphatic heterocycles. The Morgan fingerprint density at radius 1 is 1.43 bits per heavy atom. The van der Waals surface area contributed by atoms with Crippen LogP contribution in [0.15, 0.2) is 36.5 Å². The average molecular weight is 335 g/mol. The van der Waals surface area contributed by atoms with Crippen LogP contribution in [0.25, 0.3) is 0 Å². The minimum absolute atomic E-state index is 0.0217. The fourth-order valence-corrected chi connectivity index (χ4v) is 3.40. The summed E-state index contributed by atoms with van der Waals surface area (Å²) in [6, 6.07) is 5.14. The van der Waals surface area contributed by atoms with Crippen molar-refractivity contribution in [3.63, 3.8) is 0 Å². The molecule has 2 heterocycles. The zero-order valence-corrected chi connectivity index (χ0v) is 12.7. The molecule has 0 aliphatic carbocycles. The van der Waals surface area contributed by atoms with Crippen molar-refractivity contribution in [2.75, 3.05) is 5.75 Å². The van der Waals surface area contributed by atoms with Crippen molar-refractivity contribution in [3.05, 3.63) is 52.2 Å². The van der Waals surface area contributed by atoms with Crippen LogP contribution in [0.3, 0.4) is 0 Å². The highest BCUT2D eigenvalue weighted by Gasteiger charge is 2.48. The molecule has 1 fully saturated rings. The van der Waals surface area contributed by atoms with E-state index in [1.165, 1.54) is 24.3 Å². The van der Waals surface area contributed by atoms with Crippen molar-refractivity contribution < 1.29 is 19.2 Å². The zero-order chi connectivity index (χ0) is 16.4. The van der Waals surface area contributed by atoms with E-state index in [4.69, 9.17) is 4.74 Å². The highest BCUT2D eigenvalue weighted by Crippen LogP contribution is 2.33. The Balaban J connectivity index is 1.49. The van der Waals surface area contributed by atoms with Gasteiger partial charge in [-0.1, -0.05) is 6.08 Å². The summed E-state index contributed by atoms with van der Waals surface area (Å²) in [7, 11) is 0. The molecule has 0 bridgehead atoms. The SMILES string of the molecule is O=C(NC1C(=O)N2C=CCS[C@@H]12)OCc1ccc([N+](=O)[O-])cc1. The Hall–Kier alpha value is -2.55. The molecule has 23 heavy (non-hydrogen) atoms. The second-order valence-electron chi connectivity index (χ2n) is 4.98. The number of β-lactam (4-membered cyclic amide) rings is 1. The highest BCUT2D eigenvalue weighted by atomic mass is 32.2. The number of nitro groups is 1. The second-order valence-corrected chi connectivity index (χ2v) is 6.13. The maximum Gasteiger partial charge on any atom is 0.408 e. The molecule has 3 rings (SSSR count). The third-order valence-corrected chi connectivity index (χ3v) is 4.73. The van der Waals surface area contributed by atoms with E-state index in [0.717, 1.165) is 5.75 Å². The molecule has 0 saturated carbocycles. The number of carbonyl (C=O) groups excluding carboxylic acids is 2. The first-order valence-corrected chi connectivity index (χ1v) is 7.88. The Morgan fingerprint density at radius 3 is 2.87 bits per heavy atom. The molecule has 1 N–H and O–H groups in total. The van der Waals surface area contributed by atoms with Gasteiger partial charge in [0.2, 0.25) is 0 Å². The molecule has 0 aromatic heterocycles. The number of non-ortho nitro benzene ring substituents is 1. The standard InChI is InChI=1S/C14H13N3O5S/c18-12-11(13-16(12)6-1-7-23-13)15-14(19)22-8-9-2-4-10(5-3-9)17(20)21/h1-6,11,13H,7-8H2,(H,15,19)/t11?,13-/m0/s1. The molecule has 0 spiro atoms. The number of thioether (sulfide) groups is 1. The highest BCUT2D eigenvalue weighted by molar-refractivity contribution is 8.00. The summed E-state index contributed by atoms with van der Waals surface area (Å²) >= 11 is 1.57. The number of benzene rings is 1. The number of nitro benzene ring substituents is 1.